The first-order valence-electron chi connectivity index (χ1n) is 4.78. The second kappa shape index (κ2) is 3.38. The number of carboxylic acid groups (broad SMARTS) is 1. The highest BCUT2D eigenvalue weighted by Crippen LogP contribution is 2.36. The Bertz CT molecular complexity index is 286. The van der Waals surface area contributed by atoms with Crippen molar-refractivity contribution in [3.8, 4) is 0 Å². The van der Waals surface area contributed by atoms with Gasteiger partial charge in [0, 0.05) is 23.0 Å². The van der Waals surface area contributed by atoms with Crippen molar-refractivity contribution in [3.05, 3.63) is 10.4 Å². The fourth-order valence-electron chi connectivity index (χ4n) is 2.63. The fraction of sp³-hybridized carbons (Fsp3) is 0.875. The molecule has 2 bridgehead atoms. The van der Waals surface area contributed by atoms with E-state index in [2.05, 4.69) is 10.0 Å². The second-order valence-corrected chi connectivity index (χ2v) is 3.90. The molecule has 76 valence electrons. The van der Waals surface area contributed by atoms with Crippen molar-refractivity contribution in [2.24, 2.45) is 5.11 Å². The van der Waals surface area contributed by atoms with Gasteiger partial charge in [0.25, 0.3) is 0 Å². The number of piperidine rings is 1. The van der Waals surface area contributed by atoms with Crippen LogP contribution in [0.15, 0.2) is 5.11 Å². The number of amides is 1. The molecule has 14 heavy (non-hydrogen) atoms. The molecule has 0 spiro atoms. The Morgan fingerprint density at radius 2 is 2.00 bits per heavy atom. The highest BCUT2D eigenvalue weighted by atomic mass is 16.4. The summed E-state index contributed by atoms with van der Waals surface area (Å²) in [6, 6.07) is 0.136. The summed E-state index contributed by atoms with van der Waals surface area (Å²) in [4.78, 5) is 15.2. The normalized spacial score (nSPS) is 35.1. The SMILES string of the molecule is [N-]=[N+]=NC1CC2CCC(C1)N2C(=O)O. The van der Waals surface area contributed by atoms with E-state index in [-0.39, 0.29) is 18.1 Å². The Kier molecular flexibility index (Phi) is 2.21. The molecule has 2 aliphatic heterocycles. The lowest BCUT2D eigenvalue weighted by Gasteiger charge is -2.35. The van der Waals surface area contributed by atoms with Crippen LogP contribution >= 0.6 is 0 Å². The van der Waals surface area contributed by atoms with Crippen LogP contribution in [0.4, 0.5) is 4.79 Å². The summed E-state index contributed by atoms with van der Waals surface area (Å²) in [6.07, 6.45) is 2.36. The van der Waals surface area contributed by atoms with E-state index < -0.39 is 6.09 Å². The van der Waals surface area contributed by atoms with Crippen LogP contribution in [-0.2, 0) is 0 Å². The molecule has 0 aromatic rings. The van der Waals surface area contributed by atoms with Gasteiger partial charge in [-0.2, -0.15) is 0 Å². The third-order valence-electron chi connectivity index (χ3n) is 3.14. The molecule has 2 heterocycles. The fourth-order valence-corrected chi connectivity index (χ4v) is 2.63. The van der Waals surface area contributed by atoms with Crippen LogP contribution in [0.3, 0.4) is 0 Å². The summed E-state index contributed by atoms with van der Waals surface area (Å²) in [5.74, 6) is 0. The van der Waals surface area contributed by atoms with Gasteiger partial charge in [0.1, 0.15) is 0 Å². The van der Waals surface area contributed by atoms with Gasteiger partial charge in [-0.15, -0.1) is 0 Å². The summed E-state index contributed by atoms with van der Waals surface area (Å²) in [7, 11) is 0. The maximum atomic E-state index is 10.9. The molecule has 6 nitrogen and oxygen atoms in total. The molecule has 1 N–H and O–H groups in total. The quantitative estimate of drug-likeness (QED) is 0.394. The molecule has 0 radical (unpaired) electrons. The van der Waals surface area contributed by atoms with E-state index in [0.717, 1.165) is 12.8 Å². The van der Waals surface area contributed by atoms with Crippen LogP contribution in [-0.4, -0.2) is 34.2 Å². The van der Waals surface area contributed by atoms with Crippen LogP contribution in [0.1, 0.15) is 25.7 Å². The average Bonchev–Trinajstić information content (AvgIpc) is 2.39. The largest absolute Gasteiger partial charge is 0.465 e. The van der Waals surface area contributed by atoms with Crippen LogP contribution in [0.25, 0.3) is 10.4 Å². The molecule has 0 saturated carbocycles. The molecular weight excluding hydrogens is 184 g/mol. The molecule has 1 amide bonds. The number of azide groups is 1. The maximum Gasteiger partial charge on any atom is 0.407 e. The summed E-state index contributed by atoms with van der Waals surface area (Å²) in [5, 5.41) is 12.6. The lowest BCUT2D eigenvalue weighted by atomic mass is 9.99. The van der Waals surface area contributed by atoms with Gasteiger partial charge in [0.05, 0.1) is 0 Å². The number of fused-ring (bicyclic) bond motifs is 2. The number of carbonyl (C=O) groups is 1. The Balaban J connectivity index is 2.11. The molecule has 0 aromatic carbocycles. The number of hydrogen-bond donors (Lipinski definition) is 1. The molecule has 2 aliphatic rings. The minimum Gasteiger partial charge on any atom is -0.465 e. The molecule has 2 saturated heterocycles. The highest BCUT2D eigenvalue weighted by molar-refractivity contribution is 5.66. The Hall–Kier alpha value is -1.42. The average molecular weight is 196 g/mol. The van der Waals surface area contributed by atoms with Crippen LogP contribution < -0.4 is 0 Å². The first-order chi connectivity index (χ1) is 6.72. The van der Waals surface area contributed by atoms with Crippen molar-refractivity contribution in [3.63, 3.8) is 0 Å². The van der Waals surface area contributed by atoms with Gasteiger partial charge < -0.3 is 10.0 Å². The topological polar surface area (TPSA) is 89.3 Å². The third kappa shape index (κ3) is 1.37. The van der Waals surface area contributed by atoms with Crippen molar-refractivity contribution in [2.75, 3.05) is 0 Å². The van der Waals surface area contributed by atoms with E-state index in [1.165, 1.54) is 4.90 Å². The molecule has 6 heteroatoms. The first kappa shape index (κ1) is 9.15. The molecule has 0 aromatic heterocycles. The van der Waals surface area contributed by atoms with Crippen molar-refractivity contribution in [1.29, 1.82) is 0 Å². The summed E-state index contributed by atoms with van der Waals surface area (Å²) in [5.41, 5.74) is 8.31. The molecular formula is C8H12N4O2. The Morgan fingerprint density at radius 3 is 2.43 bits per heavy atom. The minimum atomic E-state index is -0.836. The minimum absolute atomic E-state index is 0.00639. The van der Waals surface area contributed by atoms with Crippen molar-refractivity contribution in [1.82, 2.24) is 4.90 Å². The predicted molar refractivity (Wildman–Crippen MR) is 48.8 cm³/mol. The zero-order chi connectivity index (χ0) is 10.1. The second-order valence-electron chi connectivity index (χ2n) is 3.90. The van der Waals surface area contributed by atoms with E-state index in [1.54, 1.807) is 0 Å². The summed E-state index contributed by atoms with van der Waals surface area (Å²) < 4.78 is 0. The Labute approximate surface area is 81.1 Å². The van der Waals surface area contributed by atoms with Crippen LogP contribution in [0.5, 0.6) is 0 Å². The van der Waals surface area contributed by atoms with E-state index >= 15 is 0 Å². The van der Waals surface area contributed by atoms with E-state index in [9.17, 15) is 4.79 Å². The van der Waals surface area contributed by atoms with E-state index in [1.807, 2.05) is 0 Å². The van der Waals surface area contributed by atoms with Gasteiger partial charge in [-0.1, -0.05) is 5.11 Å². The summed E-state index contributed by atoms with van der Waals surface area (Å²) in [6.45, 7) is 0. The van der Waals surface area contributed by atoms with Crippen molar-refractivity contribution >= 4 is 6.09 Å². The van der Waals surface area contributed by atoms with Gasteiger partial charge in [0.2, 0.25) is 0 Å². The molecule has 0 aliphatic carbocycles. The monoisotopic (exact) mass is 196 g/mol. The number of rotatable bonds is 1. The van der Waals surface area contributed by atoms with Gasteiger partial charge in [-0.3, -0.25) is 0 Å². The summed E-state index contributed by atoms with van der Waals surface area (Å²) >= 11 is 0. The highest BCUT2D eigenvalue weighted by Gasteiger charge is 2.42. The van der Waals surface area contributed by atoms with Crippen molar-refractivity contribution < 1.29 is 9.90 Å². The number of hydrogen-bond acceptors (Lipinski definition) is 2. The van der Waals surface area contributed by atoms with Gasteiger partial charge in [-0.25, -0.2) is 4.79 Å². The van der Waals surface area contributed by atoms with Gasteiger partial charge in [0.15, 0.2) is 0 Å². The van der Waals surface area contributed by atoms with Crippen molar-refractivity contribution in [2.45, 2.75) is 43.8 Å². The first-order valence-corrected chi connectivity index (χ1v) is 4.78. The third-order valence-corrected chi connectivity index (χ3v) is 3.14. The van der Waals surface area contributed by atoms with E-state index in [0.29, 0.717) is 12.8 Å². The molecule has 2 fully saturated rings. The molecule has 2 atom stereocenters. The maximum absolute atomic E-state index is 10.9. The van der Waals surface area contributed by atoms with Crippen LogP contribution in [0, 0.1) is 0 Å². The molecule has 2 rings (SSSR count). The Morgan fingerprint density at radius 1 is 1.43 bits per heavy atom. The predicted octanol–water partition coefficient (Wildman–Crippen LogP) is 1.97. The zero-order valence-electron chi connectivity index (χ0n) is 7.70. The van der Waals surface area contributed by atoms with Gasteiger partial charge in [-0.05, 0) is 31.2 Å². The smallest absolute Gasteiger partial charge is 0.407 e. The standard InChI is InChI=1S/C8H12N4O2/c9-11-10-5-3-6-1-2-7(4-5)12(6)8(13)14/h5-7H,1-4H2,(H,13,14). The van der Waals surface area contributed by atoms with Crippen LogP contribution in [0.2, 0.25) is 0 Å². The van der Waals surface area contributed by atoms with E-state index in [4.69, 9.17) is 10.6 Å². The lowest BCUT2D eigenvalue weighted by molar-refractivity contribution is 0.0973. The number of nitrogens with zero attached hydrogens (tertiary/aromatic N) is 4. The van der Waals surface area contributed by atoms with Gasteiger partial charge >= 0.3 is 6.09 Å². The zero-order valence-corrected chi connectivity index (χ0v) is 7.70. The lowest BCUT2D eigenvalue weighted by Crippen LogP contribution is -2.46. The molecule has 2 unspecified atom stereocenters.